The van der Waals surface area contributed by atoms with Crippen LogP contribution >= 0.6 is 11.6 Å². The molecule has 1 heterocycles. The van der Waals surface area contributed by atoms with E-state index in [0.29, 0.717) is 17.4 Å². The van der Waals surface area contributed by atoms with Gasteiger partial charge < -0.3 is 5.32 Å². The Labute approximate surface area is 148 Å². The second kappa shape index (κ2) is 8.29. The molecule has 0 saturated heterocycles. The SMILES string of the molecule is O=C(NCC1CCCC1)C(Cc1ccccn1)c1ccc(Cl)cc1. The van der Waals surface area contributed by atoms with Crippen molar-refractivity contribution < 1.29 is 4.79 Å². The van der Waals surface area contributed by atoms with E-state index in [4.69, 9.17) is 11.6 Å². The van der Waals surface area contributed by atoms with Crippen LogP contribution in [0.1, 0.15) is 42.9 Å². The Morgan fingerprint density at radius 3 is 2.58 bits per heavy atom. The van der Waals surface area contributed by atoms with E-state index in [2.05, 4.69) is 10.3 Å². The van der Waals surface area contributed by atoms with E-state index in [9.17, 15) is 4.79 Å². The molecule has 1 atom stereocenters. The molecule has 3 rings (SSSR count). The second-order valence-corrected chi connectivity index (χ2v) is 6.96. The Balaban J connectivity index is 1.72. The van der Waals surface area contributed by atoms with Gasteiger partial charge in [-0.15, -0.1) is 0 Å². The van der Waals surface area contributed by atoms with Gasteiger partial charge in [0.2, 0.25) is 5.91 Å². The summed E-state index contributed by atoms with van der Waals surface area (Å²) in [5.41, 5.74) is 1.91. The number of nitrogens with zero attached hydrogens (tertiary/aromatic N) is 1. The van der Waals surface area contributed by atoms with Gasteiger partial charge in [-0.25, -0.2) is 0 Å². The lowest BCUT2D eigenvalue weighted by atomic mass is 9.92. The monoisotopic (exact) mass is 342 g/mol. The van der Waals surface area contributed by atoms with Crippen LogP contribution in [0.3, 0.4) is 0 Å². The Kier molecular flexibility index (Phi) is 5.86. The van der Waals surface area contributed by atoms with E-state index in [0.717, 1.165) is 17.8 Å². The van der Waals surface area contributed by atoms with Gasteiger partial charge >= 0.3 is 0 Å². The Hall–Kier alpha value is -1.87. The van der Waals surface area contributed by atoms with Crippen molar-refractivity contribution in [2.24, 2.45) is 5.92 Å². The maximum absolute atomic E-state index is 12.8. The molecule has 1 aliphatic rings. The molecule has 126 valence electrons. The van der Waals surface area contributed by atoms with Gasteiger partial charge in [0.15, 0.2) is 0 Å². The third-order valence-electron chi connectivity index (χ3n) is 4.77. The van der Waals surface area contributed by atoms with Crippen LogP contribution in [-0.2, 0) is 11.2 Å². The topological polar surface area (TPSA) is 42.0 Å². The lowest BCUT2D eigenvalue weighted by Crippen LogP contribution is -2.33. The number of hydrogen-bond acceptors (Lipinski definition) is 2. The second-order valence-electron chi connectivity index (χ2n) is 6.52. The molecule has 1 aliphatic carbocycles. The molecule has 0 spiro atoms. The van der Waals surface area contributed by atoms with Gasteiger partial charge in [-0.1, -0.05) is 42.6 Å². The summed E-state index contributed by atoms with van der Waals surface area (Å²) in [4.78, 5) is 17.2. The van der Waals surface area contributed by atoms with E-state index in [1.54, 1.807) is 6.20 Å². The van der Waals surface area contributed by atoms with Crippen LogP contribution in [0.15, 0.2) is 48.7 Å². The van der Waals surface area contributed by atoms with Gasteiger partial charge in [0.1, 0.15) is 0 Å². The average molecular weight is 343 g/mol. The van der Waals surface area contributed by atoms with Gasteiger partial charge in [-0.05, 0) is 48.6 Å². The van der Waals surface area contributed by atoms with Crippen molar-refractivity contribution in [3.8, 4) is 0 Å². The summed E-state index contributed by atoms with van der Waals surface area (Å²) in [5.74, 6) is 0.475. The van der Waals surface area contributed by atoms with Crippen LogP contribution in [-0.4, -0.2) is 17.4 Å². The Morgan fingerprint density at radius 2 is 1.92 bits per heavy atom. The molecular weight excluding hydrogens is 320 g/mol. The zero-order chi connectivity index (χ0) is 16.8. The summed E-state index contributed by atoms with van der Waals surface area (Å²) in [6.07, 6.45) is 7.39. The first-order chi connectivity index (χ1) is 11.7. The number of amides is 1. The van der Waals surface area contributed by atoms with Crippen LogP contribution in [0.5, 0.6) is 0 Å². The van der Waals surface area contributed by atoms with Crippen molar-refractivity contribution in [2.45, 2.75) is 38.0 Å². The number of hydrogen-bond donors (Lipinski definition) is 1. The highest BCUT2D eigenvalue weighted by Crippen LogP contribution is 2.25. The highest BCUT2D eigenvalue weighted by atomic mass is 35.5. The number of carbonyl (C=O) groups is 1. The van der Waals surface area contributed by atoms with E-state index >= 15 is 0 Å². The fraction of sp³-hybridized carbons (Fsp3) is 0.400. The summed E-state index contributed by atoms with van der Waals surface area (Å²) in [6.45, 7) is 0.783. The minimum atomic E-state index is -0.237. The van der Waals surface area contributed by atoms with E-state index in [-0.39, 0.29) is 11.8 Å². The molecule has 4 heteroatoms. The maximum atomic E-state index is 12.8. The first kappa shape index (κ1) is 17.0. The molecule has 0 bridgehead atoms. The maximum Gasteiger partial charge on any atom is 0.227 e. The Morgan fingerprint density at radius 1 is 1.17 bits per heavy atom. The largest absolute Gasteiger partial charge is 0.355 e. The standard InChI is InChI=1S/C20H23ClN2O/c21-17-10-8-16(9-11-17)19(13-18-7-3-4-12-22-18)20(24)23-14-15-5-1-2-6-15/h3-4,7-12,15,19H,1-2,5-6,13-14H2,(H,23,24). The van der Waals surface area contributed by atoms with Crippen molar-refractivity contribution in [3.05, 3.63) is 64.9 Å². The summed E-state index contributed by atoms with van der Waals surface area (Å²) in [7, 11) is 0. The predicted molar refractivity (Wildman–Crippen MR) is 97.1 cm³/mol. The Bertz CT molecular complexity index is 651. The molecule has 1 N–H and O–H groups in total. The molecule has 1 aromatic heterocycles. The molecular formula is C20H23ClN2O. The number of pyridine rings is 1. The summed E-state index contributed by atoms with van der Waals surface area (Å²) in [6, 6.07) is 13.4. The number of rotatable bonds is 6. The molecule has 1 aromatic carbocycles. The highest BCUT2D eigenvalue weighted by Gasteiger charge is 2.23. The van der Waals surface area contributed by atoms with Crippen molar-refractivity contribution in [1.29, 1.82) is 0 Å². The molecule has 0 radical (unpaired) electrons. The van der Waals surface area contributed by atoms with Gasteiger partial charge in [0.25, 0.3) is 0 Å². The van der Waals surface area contributed by atoms with Crippen LogP contribution < -0.4 is 5.32 Å². The fourth-order valence-corrected chi connectivity index (χ4v) is 3.49. The third-order valence-corrected chi connectivity index (χ3v) is 5.02. The highest BCUT2D eigenvalue weighted by molar-refractivity contribution is 6.30. The lowest BCUT2D eigenvalue weighted by Gasteiger charge is -2.19. The van der Waals surface area contributed by atoms with Gasteiger partial charge in [-0.2, -0.15) is 0 Å². The molecule has 3 nitrogen and oxygen atoms in total. The number of nitrogens with one attached hydrogen (secondary N) is 1. The van der Waals surface area contributed by atoms with Crippen molar-refractivity contribution in [2.75, 3.05) is 6.54 Å². The predicted octanol–water partition coefficient (Wildman–Crippen LogP) is 4.37. The summed E-state index contributed by atoms with van der Waals surface area (Å²) in [5, 5.41) is 3.84. The van der Waals surface area contributed by atoms with Crippen LogP contribution in [0.4, 0.5) is 0 Å². The summed E-state index contributed by atoms with van der Waals surface area (Å²) < 4.78 is 0. The smallest absolute Gasteiger partial charge is 0.227 e. The minimum Gasteiger partial charge on any atom is -0.355 e. The van der Waals surface area contributed by atoms with Gasteiger partial charge in [-0.3, -0.25) is 9.78 Å². The molecule has 1 saturated carbocycles. The van der Waals surface area contributed by atoms with Gasteiger partial charge in [0, 0.05) is 29.9 Å². The fourth-order valence-electron chi connectivity index (χ4n) is 3.37. The molecule has 1 amide bonds. The van der Waals surface area contributed by atoms with Crippen molar-refractivity contribution in [1.82, 2.24) is 10.3 Å². The number of benzene rings is 1. The quantitative estimate of drug-likeness (QED) is 0.847. The number of halogens is 1. The molecule has 1 fully saturated rings. The average Bonchev–Trinajstić information content (AvgIpc) is 3.13. The lowest BCUT2D eigenvalue weighted by molar-refractivity contribution is -0.122. The van der Waals surface area contributed by atoms with E-state index < -0.39 is 0 Å². The third kappa shape index (κ3) is 4.57. The van der Waals surface area contributed by atoms with Crippen molar-refractivity contribution >= 4 is 17.5 Å². The minimum absolute atomic E-state index is 0.0786. The van der Waals surface area contributed by atoms with Crippen LogP contribution in [0, 0.1) is 5.92 Å². The molecule has 2 aromatic rings. The number of carbonyl (C=O) groups excluding carboxylic acids is 1. The summed E-state index contributed by atoms with van der Waals surface area (Å²) >= 11 is 5.99. The zero-order valence-electron chi connectivity index (χ0n) is 13.7. The molecule has 1 unspecified atom stereocenters. The first-order valence-electron chi connectivity index (χ1n) is 8.65. The van der Waals surface area contributed by atoms with E-state index in [1.807, 2.05) is 42.5 Å². The van der Waals surface area contributed by atoms with Crippen LogP contribution in [0.25, 0.3) is 0 Å². The van der Waals surface area contributed by atoms with E-state index in [1.165, 1.54) is 25.7 Å². The normalized spacial score (nSPS) is 16.0. The van der Waals surface area contributed by atoms with Gasteiger partial charge in [0.05, 0.1) is 5.92 Å². The molecule has 0 aliphatic heterocycles. The van der Waals surface area contributed by atoms with Crippen LogP contribution in [0.2, 0.25) is 5.02 Å². The zero-order valence-corrected chi connectivity index (χ0v) is 14.5. The van der Waals surface area contributed by atoms with Crippen molar-refractivity contribution in [3.63, 3.8) is 0 Å². The first-order valence-corrected chi connectivity index (χ1v) is 9.03. The number of aromatic nitrogens is 1. The molecule has 24 heavy (non-hydrogen) atoms.